The summed E-state index contributed by atoms with van der Waals surface area (Å²) in [5.41, 5.74) is -0.304. The van der Waals surface area contributed by atoms with Crippen molar-refractivity contribution in [3.8, 4) is 5.75 Å². The van der Waals surface area contributed by atoms with Gasteiger partial charge in [-0.15, -0.1) is 0 Å². The topological polar surface area (TPSA) is 78.9 Å². The molecule has 0 saturated heterocycles. The fraction of sp³-hybridized carbons (Fsp3) is 0.333. The first-order chi connectivity index (χ1) is 11.5. The molecule has 6 nitrogen and oxygen atoms in total. The molecule has 0 aromatic carbocycles. The van der Waals surface area contributed by atoms with E-state index in [2.05, 4.69) is 13.8 Å². The van der Waals surface area contributed by atoms with Crippen molar-refractivity contribution < 1.29 is 23.1 Å². The van der Waals surface area contributed by atoms with Crippen LogP contribution in [0.25, 0.3) is 6.08 Å². The molecule has 0 N–H and O–H groups in total. The zero-order valence-corrected chi connectivity index (χ0v) is 13.7. The number of furan rings is 1. The second kappa shape index (κ2) is 8.76. The van der Waals surface area contributed by atoms with Crippen molar-refractivity contribution in [3.63, 3.8) is 0 Å². The van der Waals surface area contributed by atoms with E-state index in [0.717, 1.165) is 6.42 Å². The molecule has 6 heteroatoms. The van der Waals surface area contributed by atoms with Crippen LogP contribution in [0, 0.1) is 5.92 Å². The van der Waals surface area contributed by atoms with Crippen LogP contribution in [-0.4, -0.2) is 12.6 Å². The van der Waals surface area contributed by atoms with E-state index < -0.39 is 5.97 Å². The summed E-state index contributed by atoms with van der Waals surface area (Å²) in [7, 11) is 0. The van der Waals surface area contributed by atoms with Crippen molar-refractivity contribution in [2.45, 2.75) is 26.9 Å². The highest BCUT2D eigenvalue weighted by molar-refractivity contribution is 5.86. The monoisotopic (exact) mass is 332 g/mol. The minimum atomic E-state index is -0.564. The lowest BCUT2D eigenvalue weighted by Gasteiger charge is -2.07. The minimum absolute atomic E-state index is 0.136. The fourth-order valence-electron chi connectivity index (χ4n) is 1.75. The van der Waals surface area contributed by atoms with Crippen molar-refractivity contribution in [1.82, 2.24) is 0 Å². The van der Waals surface area contributed by atoms with Gasteiger partial charge in [-0.3, -0.25) is 4.79 Å². The molecule has 0 fully saturated rings. The highest BCUT2D eigenvalue weighted by atomic mass is 16.5. The molecule has 2 rings (SSSR count). The van der Waals surface area contributed by atoms with E-state index in [9.17, 15) is 9.59 Å². The number of ether oxygens (including phenoxy) is 2. The number of esters is 1. The molecule has 0 saturated carbocycles. The van der Waals surface area contributed by atoms with Crippen LogP contribution >= 0.6 is 0 Å². The van der Waals surface area contributed by atoms with Gasteiger partial charge in [0.2, 0.25) is 11.2 Å². The second-order valence-electron chi connectivity index (χ2n) is 5.56. The Morgan fingerprint density at radius 1 is 1.33 bits per heavy atom. The van der Waals surface area contributed by atoms with Gasteiger partial charge in [0, 0.05) is 12.1 Å². The van der Waals surface area contributed by atoms with Gasteiger partial charge in [-0.05, 0) is 30.5 Å². The summed E-state index contributed by atoms with van der Waals surface area (Å²) in [4.78, 5) is 23.5. The molecule has 0 radical (unpaired) electrons. The zero-order chi connectivity index (χ0) is 17.4. The lowest BCUT2D eigenvalue weighted by molar-refractivity contribution is -0.139. The molecular weight excluding hydrogens is 312 g/mol. The van der Waals surface area contributed by atoms with E-state index >= 15 is 0 Å². The maximum absolute atomic E-state index is 11.9. The third kappa shape index (κ3) is 5.79. The van der Waals surface area contributed by atoms with Gasteiger partial charge < -0.3 is 18.3 Å². The van der Waals surface area contributed by atoms with Gasteiger partial charge in [-0.1, -0.05) is 13.8 Å². The lowest BCUT2D eigenvalue weighted by atomic mass is 10.1. The van der Waals surface area contributed by atoms with E-state index in [1.807, 2.05) is 0 Å². The van der Waals surface area contributed by atoms with Gasteiger partial charge in [-0.25, -0.2) is 4.79 Å². The SMILES string of the molecule is CC(C)CCOc1coc(COC(=O)/C=C/c2ccco2)cc1=O. The standard InChI is InChI=1S/C18H20O6/c1-13(2)7-9-22-17-12-23-15(10-16(17)19)11-24-18(20)6-5-14-4-3-8-21-14/h3-6,8,10,12-13H,7,9,11H2,1-2H3/b6-5+. The van der Waals surface area contributed by atoms with Crippen LogP contribution in [-0.2, 0) is 16.1 Å². The normalized spacial score (nSPS) is 11.1. The highest BCUT2D eigenvalue weighted by Crippen LogP contribution is 2.09. The van der Waals surface area contributed by atoms with E-state index in [4.69, 9.17) is 18.3 Å². The summed E-state index contributed by atoms with van der Waals surface area (Å²) < 4.78 is 20.7. The molecule has 0 spiro atoms. The van der Waals surface area contributed by atoms with Gasteiger partial charge in [-0.2, -0.15) is 0 Å². The van der Waals surface area contributed by atoms with Gasteiger partial charge in [0.05, 0.1) is 12.9 Å². The molecule has 0 bridgehead atoms. The molecule has 2 aromatic rings. The molecule has 0 amide bonds. The first-order valence-corrected chi connectivity index (χ1v) is 7.67. The summed E-state index contributed by atoms with van der Waals surface area (Å²) in [5.74, 6) is 0.872. The predicted molar refractivity (Wildman–Crippen MR) is 87.5 cm³/mol. The summed E-state index contributed by atoms with van der Waals surface area (Å²) >= 11 is 0. The number of hydrogen-bond donors (Lipinski definition) is 0. The van der Waals surface area contributed by atoms with Crippen molar-refractivity contribution in [2.24, 2.45) is 5.92 Å². The quantitative estimate of drug-likeness (QED) is 0.544. The average molecular weight is 332 g/mol. The number of carbonyl (C=O) groups excluding carboxylic acids is 1. The minimum Gasteiger partial charge on any atom is -0.487 e. The smallest absolute Gasteiger partial charge is 0.331 e. The van der Waals surface area contributed by atoms with E-state index in [1.54, 1.807) is 12.1 Å². The Morgan fingerprint density at radius 3 is 2.83 bits per heavy atom. The summed E-state index contributed by atoms with van der Waals surface area (Å²) in [5, 5.41) is 0. The molecule has 2 heterocycles. The zero-order valence-electron chi connectivity index (χ0n) is 13.7. The van der Waals surface area contributed by atoms with Crippen LogP contribution in [0.2, 0.25) is 0 Å². The van der Waals surface area contributed by atoms with Crippen LogP contribution in [0.5, 0.6) is 5.75 Å². The maximum Gasteiger partial charge on any atom is 0.331 e. The number of rotatable bonds is 8. The summed E-state index contributed by atoms with van der Waals surface area (Å²) in [6, 6.07) is 4.68. The molecule has 0 aliphatic carbocycles. The molecular formula is C18H20O6. The molecule has 0 aliphatic heterocycles. The first kappa shape index (κ1) is 17.6. The highest BCUT2D eigenvalue weighted by Gasteiger charge is 2.07. The second-order valence-corrected chi connectivity index (χ2v) is 5.56. The third-order valence-electron chi connectivity index (χ3n) is 3.09. The van der Waals surface area contributed by atoms with E-state index in [-0.39, 0.29) is 23.5 Å². The van der Waals surface area contributed by atoms with E-state index in [0.29, 0.717) is 18.3 Å². The summed E-state index contributed by atoms with van der Waals surface area (Å²) in [6.07, 6.45) is 6.32. The van der Waals surface area contributed by atoms with Crippen molar-refractivity contribution in [2.75, 3.05) is 6.61 Å². The third-order valence-corrected chi connectivity index (χ3v) is 3.09. The number of carbonyl (C=O) groups is 1. The van der Waals surface area contributed by atoms with Crippen LogP contribution < -0.4 is 10.2 Å². The molecule has 0 unspecified atom stereocenters. The Balaban J connectivity index is 1.83. The van der Waals surface area contributed by atoms with Gasteiger partial charge in [0.15, 0.2) is 0 Å². The van der Waals surface area contributed by atoms with Crippen molar-refractivity contribution in [1.29, 1.82) is 0 Å². The molecule has 128 valence electrons. The van der Waals surface area contributed by atoms with Crippen molar-refractivity contribution in [3.05, 3.63) is 58.5 Å². The van der Waals surface area contributed by atoms with E-state index in [1.165, 1.54) is 30.7 Å². The first-order valence-electron chi connectivity index (χ1n) is 7.67. The van der Waals surface area contributed by atoms with Gasteiger partial charge in [0.25, 0.3) is 0 Å². The Hall–Kier alpha value is -2.76. The molecule has 0 atom stereocenters. The van der Waals surface area contributed by atoms with Crippen molar-refractivity contribution >= 4 is 12.0 Å². The summed E-state index contributed by atoms with van der Waals surface area (Å²) in [6.45, 7) is 4.46. The number of hydrogen-bond acceptors (Lipinski definition) is 6. The molecule has 24 heavy (non-hydrogen) atoms. The Labute approximate surface area is 139 Å². The van der Waals surface area contributed by atoms with Gasteiger partial charge >= 0.3 is 5.97 Å². The Kier molecular flexibility index (Phi) is 6.42. The molecule has 0 aliphatic rings. The maximum atomic E-state index is 11.9. The predicted octanol–water partition coefficient (Wildman–Crippen LogP) is 3.41. The largest absolute Gasteiger partial charge is 0.487 e. The van der Waals surface area contributed by atoms with Crippen LogP contribution in [0.3, 0.4) is 0 Å². The fourth-order valence-corrected chi connectivity index (χ4v) is 1.75. The van der Waals surface area contributed by atoms with Crippen LogP contribution in [0.1, 0.15) is 31.8 Å². The Bertz CT molecular complexity index is 724. The van der Waals surface area contributed by atoms with Crippen LogP contribution in [0.4, 0.5) is 0 Å². The Morgan fingerprint density at radius 2 is 2.17 bits per heavy atom. The molecule has 2 aromatic heterocycles. The van der Waals surface area contributed by atoms with Gasteiger partial charge in [0.1, 0.15) is 24.4 Å². The average Bonchev–Trinajstić information content (AvgIpc) is 3.06. The lowest BCUT2D eigenvalue weighted by Crippen LogP contribution is -2.11. The van der Waals surface area contributed by atoms with Crippen LogP contribution in [0.15, 0.2) is 50.4 Å².